The van der Waals surface area contributed by atoms with Crippen LogP contribution in [-0.4, -0.2) is 36.9 Å². The Labute approximate surface area is 131 Å². The smallest absolute Gasteiger partial charge is 0.290 e. The monoisotopic (exact) mass is 312 g/mol. The molecule has 3 aromatic heterocycles. The number of carbonyl (C=O) groups excluding carboxylic acids is 1. The third kappa shape index (κ3) is 2.46. The van der Waals surface area contributed by atoms with Crippen LogP contribution in [0.15, 0.2) is 35.1 Å². The number of hydrogen-bond donors (Lipinski definition) is 1. The van der Waals surface area contributed by atoms with Gasteiger partial charge in [-0.1, -0.05) is 11.2 Å². The predicted molar refractivity (Wildman–Crippen MR) is 80.4 cm³/mol. The number of fused-ring (bicyclic) bond motifs is 1. The van der Waals surface area contributed by atoms with Crippen molar-refractivity contribution in [1.82, 2.24) is 24.4 Å². The van der Waals surface area contributed by atoms with Crippen LogP contribution in [0, 0.1) is 0 Å². The van der Waals surface area contributed by atoms with Gasteiger partial charge in [-0.3, -0.25) is 9.69 Å². The third-order valence-electron chi connectivity index (χ3n) is 4.17. The number of rotatable bonds is 4. The van der Waals surface area contributed by atoms with Crippen LogP contribution in [0.3, 0.4) is 0 Å². The molecule has 1 aliphatic rings. The van der Waals surface area contributed by atoms with Gasteiger partial charge in [-0.25, -0.2) is 4.98 Å². The minimum absolute atomic E-state index is 0.00450. The Morgan fingerprint density at radius 2 is 2.35 bits per heavy atom. The Hall–Kier alpha value is -2.74. The van der Waals surface area contributed by atoms with Crippen molar-refractivity contribution >= 4 is 11.6 Å². The van der Waals surface area contributed by atoms with E-state index in [1.165, 1.54) is 0 Å². The second-order valence-corrected chi connectivity index (χ2v) is 5.63. The molecule has 1 fully saturated rings. The molecule has 1 saturated heterocycles. The number of amides is 1. The zero-order valence-electron chi connectivity index (χ0n) is 12.4. The lowest BCUT2D eigenvalue weighted by molar-refractivity contribution is 0.0987. The number of nitrogens with two attached hydrogens (primary N) is 1. The molecule has 0 spiro atoms. The molecule has 3 aromatic rings. The van der Waals surface area contributed by atoms with Gasteiger partial charge in [-0.15, -0.1) is 0 Å². The van der Waals surface area contributed by atoms with Gasteiger partial charge >= 0.3 is 0 Å². The zero-order valence-corrected chi connectivity index (χ0v) is 12.4. The molecule has 118 valence electrons. The van der Waals surface area contributed by atoms with E-state index in [1.54, 1.807) is 0 Å². The number of hydrogen-bond acceptors (Lipinski definition) is 6. The van der Waals surface area contributed by atoms with Crippen molar-refractivity contribution in [1.29, 1.82) is 0 Å². The number of imidazole rings is 1. The minimum atomic E-state index is -0.675. The van der Waals surface area contributed by atoms with Crippen LogP contribution in [-0.2, 0) is 6.54 Å². The molecule has 1 amide bonds. The van der Waals surface area contributed by atoms with E-state index in [9.17, 15) is 4.79 Å². The molecule has 23 heavy (non-hydrogen) atoms. The Balaban J connectivity index is 1.59. The highest BCUT2D eigenvalue weighted by Crippen LogP contribution is 2.32. The summed E-state index contributed by atoms with van der Waals surface area (Å²) in [4.78, 5) is 21.9. The molecular weight excluding hydrogens is 296 g/mol. The van der Waals surface area contributed by atoms with Crippen LogP contribution >= 0.6 is 0 Å². The van der Waals surface area contributed by atoms with E-state index >= 15 is 0 Å². The van der Waals surface area contributed by atoms with E-state index in [4.69, 9.17) is 10.3 Å². The van der Waals surface area contributed by atoms with E-state index in [0.29, 0.717) is 5.89 Å². The van der Waals surface area contributed by atoms with Crippen LogP contribution in [0.5, 0.6) is 0 Å². The lowest BCUT2D eigenvalue weighted by Crippen LogP contribution is -2.24. The minimum Gasteiger partial charge on any atom is -0.363 e. The molecular formula is C15H16N6O2. The summed E-state index contributed by atoms with van der Waals surface area (Å²) in [6.07, 6.45) is 5.83. The average Bonchev–Trinajstić information content (AvgIpc) is 3.26. The fourth-order valence-electron chi connectivity index (χ4n) is 3.08. The van der Waals surface area contributed by atoms with E-state index in [-0.39, 0.29) is 11.9 Å². The predicted octanol–water partition coefficient (Wildman–Crippen LogP) is 1.15. The third-order valence-corrected chi connectivity index (χ3v) is 4.17. The summed E-state index contributed by atoms with van der Waals surface area (Å²) in [6, 6.07) is 5.93. The standard InChI is InChI=1S/C15H16N6O2/c16-13(22)14-18-15(23-19-14)11-4-3-6-20(11)9-10-8-17-12-5-1-2-7-21(10)12/h1-2,5,7-8,11H,3-4,6,9H2,(H2,16,22)/t11-/m1/s1. The van der Waals surface area contributed by atoms with Crippen LogP contribution in [0.25, 0.3) is 5.65 Å². The Morgan fingerprint density at radius 3 is 3.17 bits per heavy atom. The summed E-state index contributed by atoms with van der Waals surface area (Å²) in [5.41, 5.74) is 7.21. The van der Waals surface area contributed by atoms with Crippen LogP contribution in [0.2, 0.25) is 0 Å². The van der Waals surface area contributed by atoms with Crippen LogP contribution < -0.4 is 5.73 Å². The molecule has 0 radical (unpaired) electrons. The number of carbonyl (C=O) groups is 1. The summed E-state index contributed by atoms with van der Waals surface area (Å²) in [6.45, 7) is 1.66. The molecule has 8 nitrogen and oxygen atoms in total. The second kappa shape index (κ2) is 5.47. The molecule has 4 heterocycles. The van der Waals surface area contributed by atoms with Gasteiger partial charge in [0.15, 0.2) is 0 Å². The Morgan fingerprint density at radius 1 is 1.43 bits per heavy atom. The van der Waals surface area contributed by atoms with Crippen molar-refractivity contribution in [3.05, 3.63) is 48.0 Å². The van der Waals surface area contributed by atoms with Crippen molar-refractivity contribution in [2.24, 2.45) is 5.73 Å². The molecule has 4 rings (SSSR count). The first-order chi connectivity index (χ1) is 11.2. The molecule has 0 aliphatic carbocycles. The summed E-state index contributed by atoms with van der Waals surface area (Å²) in [5, 5.41) is 3.64. The lowest BCUT2D eigenvalue weighted by Gasteiger charge is -2.20. The highest BCUT2D eigenvalue weighted by Gasteiger charge is 2.31. The highest BCUT2D eigenvalue weighted by molar-refractivity contribution is 5.88. The molecule has 8 heteroatoms. The molecule has 2 N–H and O–H groups in total. The van der Waals surface area contributed by atoms with Crippen LogP contribution in [0.4, 0.5) is 0 Å². The maximum atomic E-state index is 11.1. The summed E-state index contributed by atoms with van der Waals surface area (Å²) in [5.74, 6) is -0.293. The van der Waals surface area contributed by atoms with Crippen molar-refractivity contribution in [2.45, 2.75) is 25.4 Å². The van der Waals surface area contributed by atoms with Crippen molar-refractivity contribution in [3.63, 3.8) is 0 Å². The summed E-state index contributed by atoms with van der Waals surface area (Å²) >= 11 is 0. The average molecular weight is 312 g/mol. The molecule has 0 bridgehead atoms. The highest BCUT2D eigenvalue weighted by atomic mass is 16.5. The van der Waals surface area contributed by atoms with Gasteiger partial charge < -0.3 is 14.7 Å². The largest absolute Gasteiger partial charge is 0.363 e. The van der Waals surface area contributed by atoms with Gasteiger partial charge in [-0.2, -0.15) is 4.98 Å². The first-order valence-electron chi connectivity index (χ1n) is 7.51. The van der Waals surface area contributed by atoms with E-state index in [0.717, 1.165) is 37.3 Å². The van der Waals surface area contributed by atoms with Gasteiger partial charge in [0.2, 0.25) is 5.89 Å². The SMILES string of the molecule is NC(=O)c1noc([C@H]2CCCN2Cc2cnc3ccccn23)n1. The van der Waals surface area contributed by atoms with Gasteiger partial charge in [0.05, 0.1) is 17.9 Å². The van der Waals surface area contributed by atoms with Crippen molar-refractivity contribution < 1.29 is 9.32 Å². The maximum absolute atomic E-state index is 11.1. The fraction of sp³-hybridized carbons (Fsp3) is 0.333. The molecule has 1 aliphatic heterocycles. The van der Waals surface area contributed by atoms with Crippen molar-refractivity contribution in [2.75, 3.05) is 6.54 Å². The van der Waals surface area contributed by atoms with Gasteiger partial charge in [-0.05, 0) is 31.5 Å². The number of aromatic nitrogens is 4. The van der Waals surface area contributed by atoms with E-state index in [2.05, 4.69) is 24.4 Å². The Bertz CT molecular complexity index is 854. The Kier molecular flexibility index (Phi) is 3.30. The number of primary amides is 1. The quantitative estimate of drug-likeness (QED) is 0.775. The maximum Gasteiger partial charge on any atom is 0.290 e. The number of likely N-dealkylation sites (tertiary alicyclic amines) is 1. The second-order valence-electron chi connectivity index (χ2n) is 5.63. The molecule has 0 aromatic carbocycles. The topological polar surface area (TPSA) is 103 Å². The van der Waals surface area contributed by atoms with Crippen molar-refractivity contribution in [3.8, 4) is 0 Å². The van der Waals surface area contributed by atoms with Gasteiger partial charge in [0, 0.05) is 12.7 Å². The summed E-state index contributed by atoms with van der Waals surface area (Å²) < 4.78 is 7.29. The van der Waals surface area contributed by atoms with Crippen LogP contribution in [0.1, 0.15) is 41.1 Å². The van der Waals surface area contributed by atoms with E-state index in [1.807, 2.05) is 30.6 Å². The number of pyridine rings is 1. The zero-order chi connectivity index (χ0) is 15.8. The first-order valence-corrected chi connectivity index (χ1v) is 7.51. The fourth-order valence-corrected chi connectivity index (χ4v) is 3.08. The van der Waals surface area contributed by atoms with E-state index < -0.39 is 5.91 Å². The first kappa shape index (κ1) is 13.9. The molecule has 0 unspecified atom stereocenters. The normalized spacial score (nSPS) is 18.7. The van der Waals surface area contributed by atoms with Gasteiger partial charge in [0.1, 0.15) is 5.65 Å². The molecule has 1 atom stereocenters. The lowest BCUT2D eigenvalue weighted by atomic mass is 10.2. The molecule has 0 saturated carbocycles. The number of nitrogens with zero attached hydrogens (tertiary/aromatic N) is 5. The van der Waals surface area contributed by atoms with Gasteiger partial charge in [0.25, 0.3) is 11.7 Å². The summed E-state index contributed by atoms with van der Waals surface area (Å²) in [7, 11) is 0.